The van der Waals surface area contributed by atoms with E-state index in [4.69, 9.17) is 5.11 Å². The van der Waals surface area contributed by atoms with E-state index in [2.05, 4.69) is 5.32 Å². The van der Waals surface area contributed by atoms with E-state index in [0.29, 0.717) is 37.2 Å². The van der Waals surface area contributed by atoms with E-state index >= 15 is 0 Å². The molecule has 130 valence electrons. The SMILES string of the molecule is CC(C)C(=O)N1CCC(C(=O)Nc2ccccc2CC(=O)O)CC1. The maximum atomic E-state index is 12.5. The fraction of sp³-hybridized carbons (Fsp3) is 0.500. The van der Waals surface area contributed by atoms with Crippen LogP contribution in [0, 0.1) is 11.8 Å². The lowest BCUT2D eigenvalue weighted by Crippen LogP contribution is -2.43. The number of nitrogens with zero attached hydrogens (tertiary/aromatic N) is 1. The van der Waals surface area contributed by atoms with Crippen molar-refractivity contribution in [2.45, 2.75) is 33.1 Å². The number of para-hydroxylation sites is 1. The van der Waals surface area contributed by atoms with E-state index in [1.54, 1.807) is 24.3 Å². The second-order valence-corrected chi connectivity index (χ2v) is 6.47. The standard InChI is InChI=1S/C18H24N2O4/c1-12(2)18(24)20-9-7-13(8-10-20)17(23)19-15-6-4-3-5-14(15)11-16(21)22/h3-6,12-13H,7-11H2,1-2H3,(H,19,23)(H,21,22). The fourth-order valence-electron chi connectivity index (χ4n) is 2.92. The Labute approximate surface area is 141 Å². The molecule has 2 N–H and O–H groups in total. The van der Waals surface area contributed by atoms with Gasteiger partial charge in [-0.05, 0) is 24.5 Å². The van der Waals surface area contributed by atoms with Crippen molar-refractivity contribution in [2.24, 2.45) is 11.8 Å². The van der Waals surface area contributed by atoms with Crippen molar-refractivity contribution in [2.75, 3.05) is 18.4 Å². The fourth-order valence-corrected chi connectivity index (χ4v) is 2.92. The molecule has 1 fully saturated rings. The van der Waals surface area contributed by atoms with E-state index in [1.165, 1.54) is 0 Å². The number of benzene rings is 1. The zero-order valence-electron chi connectivity index (χ0n) is 14.1. The number of hydrogen-bond donors (Lipinski definition) is 2. The minimum Gasteiger partial charge on any atom is -0.481 e. The quantitative estimate of drug-likeness (QED) is 0.865. The van der Waals surface area contributed by atoms with E-state index in [1.807, 2.05) is 18.7 Å². The molecule has 0 aromatic heterocycles. The summed E-state index contributed by atoms with van der Waals surface area (Å²) < 4.78 is 0. The van der Waals surface area contributed by atoms with Crippen LogP contribution in [0.4, 0.5) is 5.69 Å². The number of aliphatic carboxylic acids is 1. The maximum Gasteiger partial charge on any atom is 0.307 e. The first-order valence-corrected chi connectivity index (χ1v) is 8.28. The molecule has 0 unspecified atom stereocenters. The summed E-state index contributed by atoms with van der Waals surface area (Å²) in [5.41, 5.74) is 1.14. The van der Waals surface area contributed by atoms with Crippen molar-refractivity contribution in [3.05, 3.63) is 29.8 Å². The molecule has 24 heavy (non-hydrogen) atoms. The van der Waals surface area contributed by atoms with Crippen LogP contribution in [0.2, 0.25) is 0 Å². The zero-order chi connectivity index (χ0) is 17.7. The minimum absolute atomic E-state index is 0.0294. The lowest BCUT2D eigenvalue weighted by atomic mass is 9.94. The van der Waals surface area contributed by atoms with Gasteiger partial charge in [-0.15, -0.1) is 0 Å². The maximum absolute atomic E-state index is 12.5. The zero-order valence-corrected chi connectivity index (χ0v) is 14.1. The summed E-state index contributed by atoms with van der Waals surface area (Å²) in [6, 6.07) is 6.94. The van der Waals surface area contributed by atoms with Crippen molar-refractivity contribution in [1.82, 2.24) is 4.90 Å². The van der Waals surface area contributed by atoms with Crippen LogP contribution in [0.3, 0.4) is 0 Å². The van der Waals surface area contributed by atoms with E-state index in [-0.39, 0.29) is 30.1 Å². The van der Waals surface area contributed by atoms with Crippen molar-refractivity contribution in [1.29, 1.82) is 0 Å². The van der Waals surface area contributed by atoms with Crippen molar-refractivity contribution in [3.8, 4) is 0 Å². The van der Waals surface area contributed by atoms with Crippen LogP contribution in [-0.2, 0) is 20.8 Å². The average Bonchev–Trinajstić information content (AvgIpc) is 2.55. The number of carboxylic acids is 1. The van der Waals surface area contributed by atoms with Crippen molar-refractivity contribution < 1.29 is 19.5 Å². The molecule has 1 saturated heterocycles. The third-order valence-corrected chi connectivity index (χ3v) is 4.29. The van der Waals surface area contributed by atoms with E-state index < -0.39 is 5.97 Å². The van der Waals surface area contributed by atoms with Gasteiger partial charge in [-0.25, -0.2) is 0 Å². The summed E-state index contributed by atoms with van der Waals surface area (Å²) in [4.78, 5) is 37.2. The van der Waals surface area contributed by atoms with Gasteiger partial charge in [0.15, 0.2) is 0 Å². The molecule has 1 aliphatic rings. The lowest BCUT2D eigenvalue weighted by Gasteiger charge is -2.32. The molecular weight excluding hydrogens is 308 g/mol. The molecule has 2 rings (SSSR count). The molecule has 1 aromatic carbocycles. The van der Waals surface area contributed by atoms with Crippen molar-refractivity contribution in [3.63, 3.8) is 0 Å². The van der Waals surface area contributed by atoms with Gasteiger partial charge in [-0.3, -0.25) is 14.4 Å². The van der Waals surface area contributed by atoms with Gasteiger partial charge < -0.3 is 15.3 Å². The highest BCUT2D eigenvalue weighted by Crippen LogP contribution is 2.22. The Kier molecular flexibility index (Phi) is 5.95. The number of anilines is 1. The highest BCUT2D eigenvalue weighted by Gasteiger charge is 2.28. The summed E-state index contributed by atoms with van der Waals surface area (Å²) in [5, 5.41) is 11.8. The Balaban J connectivity index is 1.95. The molecule has 0 bridgehead atoms. The van der Waals surface area contributed by atoms with Gasteiger partial charge in [0.2, 0.25) is 11.8 Å². The van der Waals surface area contributed by atoms with Crippen LogP contribution in [0.25, 0.3) is 0 Å². The van der Waals surface area contributed by atoms with Gasteiger partial charge >= 0.3 is 5.97 Å². The topological polar surface area (TPSA) is 86.7 Å². The molecule has 1 aliphatic heterocycles. The third kappa shape index (κ3) is 4.57. The molecule has 1 aromatic rings. The highest BCUT2D eigenvalue weighted by molar-refractivity contribution is 5.94. The third-order valence-electron chi connectivity index (χ3n) is 4.29. The summed E-state index contributed by atoms with van der Waals surface area (Å²) in [6.07, 6.45) is 1.13. The van der Waals surface area contributed by atoms with Crippen LogP contribution >= 0.6 is 0 Å². The van der Waals surface area contributed by atoms with E-state index in [0.717, 1.165) is 0 Å². The Morgan fingerprint density at radius 3 is 2.42 bits per heavy atom. The van der Waals surface area contributed by atoms with Crippen LogP contribution in [0.15, 0.2) is 24.3 Å². The Morgan fingerprint density at radius 2 is 1.83 bits per heavy atom. The number of carbonyl (C=O) groups is 3. The number of piperidine rings is 1. The van der Waals surface area contributed by atoms with Gasteiger partial charge in [0.05, 0.1) is 6.42 Å². The summed E-state index contributed by atoms with van der Waals surface area (Å²) in [6.45, 7) is 4.93. The molecular formula is C18H24N2O4. The lowest BCUT2D eigenvalue weighted by molar-refractivity contribution is -0.137. The first-order chi connectivity index (χ1) is 11.4. The Morgan fingerprint density at radius 1 is 1.21 bits per heavy atom. The second kappa shape index (κ2) is 7.95. The number of likely N-dealkylation sites (tertiary alicyclic amines) is 1. The minimum atomic E-state index is -0.933. The molecule has 0 radical (unpaired) electrons. The molecule has 0 aliphatic carbocycles. The van der Waals surface area contributed by atoms with Crippen LogP contribution in [0.5, 0.6) is 0 Å². The van der Waals surface area contributed by atoms with Crippen LogP contribution < -0.4 is 5.32 Å². The molecule has 0 saturated carbocycles. The molecule has 1 heterocycles. The second-order valence-electron chi connectivity index (χ2n) is 6.47. The predicted molar refractivity (Wildman–Crippen MR) is 90.6 cm³/mol. The van der Waals surface area contributed by atoms with Gasteiger partial charge in [-0.1, -0.05) is 32.0 Å². The number of rotatable bonds is 5. The summed E-state index contributed by atoms with van der Waals surface area (Å²) >= 11 is 0. The van der Waals surface area contributed by atoms with Gasteiger partial charge in [0.1, 0.15) is 0 Å². The van der Waals surface area contributed by atoms with E-state index in [9.17, 15) is 14.4 Å². The largest absolute Gasteiger partial charge is 0.481 e. The number of amides is 2. The highest BCUT2D eigenvalue weighted by atomic mass is 16.4. The first kappa shape index (κ1) is 18.0. The monoisotopic (exact) mass is 332 g/mol. The molecule has 2 amide bonds. The summed E-state index contributed by atoms with van der Waals surface area (Å²) in [7, 11) is 0. The normalized spacial score (nSPS) is 15.4. The van der Waals surface area contributed by atoms with Crippen molar-refractivity contribution >= 4 is 23.5 Å². The van der Waals surface area contributed by atoms with Crippen LogP contribution in [0.1, 0.15) is 32.3 Å². The number of carboxylic acid groups (broad SMARTS) is 1. The Hall–Kier alpha value is -2.37. The Bertz CT molecular complexity index is 619. The predicted octanol–water partition coefficient (Wildman–Crippen LogP) is 2.15. The number of nitrogens with one attached hydrogen (secondary N) is 1. The molecule has 6 nitrogen and oxygen atoms in total. The average molecular weight is 332 g/mol. The molecule has 6 heteroatoms. The molecule has 0 spiro atoms. The van der Waals surface area contributed by atoms with Crippen LogP contribution in [-0.4, -0.2) is 40.9 Å². The van der Waals surface area contributed by atoms with Gasteiger partial charge in [-0.2, -0.15) is 0 Å². The summed E-state index contributed by atoms with van der Waals surface area (Å²) in [5.74, 6) is -1.10. The first-order valence-electron chi connectivity index (χ1n) is 8.28. The number of carbonyl (C=O) groups excluding carboxylic acids is 2. The van der Waals surface area contributed by atoms with Gasteiger partial charge in [0, 0.05) is 30.6 Å². The smallest absolute Gasteiger partial charge is 0.307 e. The molecule has 0 atom stereocenters. The number of hydrogen-bond acceptors (Lipinski definition) is 3. The van der Waals surface area contributed by atoms with Gasteiger partial charge in [0.25, 0.3) is 0 Å².